The maximum Gasteiger partial charge on any atom is 0.252 e. The Morgan fingerprint density at radius 2 is 1.89 bits per heavy atom. The molecule has 3 rings (SSSR count). The summed E-state index contributed by atoms with van der Waals surface area (Å²) < 4.78 is 0. The van der Waals surface area contributed by atoms with Gasteiger partial charge in [-0.05, 0) is 48.2 Å². The molecule has 0 fully saturated rings. The van der Waals surface area contributed by atoms with Crippen molar-refractivity contribution in [3.05, 3.63) is 59.3 Å². The lowest BCUT2D eigenvalue weighted by Gasteiger charge is -2.11. The van der Waals surface area contributed by atoms with E-state index in [4.69, 9.17) is 11.6 Å². The molecule has 1 aromatic carbocycles. The van der Waals surface area contributed by atoms with Crippen molar-refractivity contribution in [1.82, 2.24) is 4.98 Å². The maximum absolute atomic E-state index is 11.0. The number of halogens is 1. The SMILES string of the molecule is O=C(Cl)c1ccc(-c2ccc3c(n2)CCC=C3)cc1. The molecule has 0 saturated heterocycles. The summed E-state index contributed by atoms with van der Waals surface area (Å²) in [7, 11) is 0. The smallest absolute Gasteiger partial charge is 0.252 e. The number of aryl methyl sites for hydroxylation is 1. The molecule has 0 N–H and O–H groups in total. The number of pyridine rings is 1. The monoisotopic (exact) mass is 269 g/mol. The highest BCUT2D eigenvalue weighted by Gasteiger charge is 2.08. The third-order valence-corrected chi connectivity index (χ3v) is 3.48. The molecule has 0 saturated carbocycles. The number of rotatable bonds is 2. The van der Waals surface area contributed by atoms with E-state index in [2.05, 4.69) is 23.2 Å². The van der Waals surface area contributed by atoms with Crippen LogP contribution >= 0.6 is 11.6 Å². The van der Waals surface area contributed by atoms with Crippen LogP contribution in [-0.4, -0.2) is 10.2 Å². The van der Waals surface area contributed by atoms with Gasteiger partial charge in [-0.1, -0.05) is 30.4 Å². The number of carbonyl (C=O) groups is 1. The van der Waals surface area contributed by atoms with Crippen molar-refractivity contribution >= 4 is 22.9 Å². The van der Waals surface area contributed by atoms with Gasteiger partial charge in [0.1, 0.15) is 0 Å². The molecule has 1 aliphatic rings. The van der Waals surface area contributed by atoms with Crippen molar-refractivity contribution in [3.63, 3.8) is 0 Å². The highest BCUT2D eigenvalue weighted by Crippen LogP contribution is 2.23. The van der Waals surface area contributed by atoms with Crippen LogP contribution in [-0.2, 0) is 6.42 Å². The zero-order valence-electron chi connectivity index (χ0n) is 10.3. The fourth-order valence-corrected chi connectivity index (χ4v) is 2.35. The van der Waals surface area contributed by atoms with Gasteiger partial charge >= 0.3 is 0 Å². The normalized spacial score (nSPS) is 13.1. The predicted octanol–water partition coefficient (Wildman–Crippen LogP) is 4.09. The standard InChI is InChI=1S/C16H12ClNO/c17-16(19)13-7-5-12(6-8-13)15-10-9-11-3-1-2-4-14(11)18-15/h1,3,5-10H,2,4H2. The van der Waals surface area contributed by atoms with Crippen molar-refractivity contribution in [1.29, 1.82) is 0 Å². The molecule has 0 radical (unpaired) electrons. The van der Waals surface area contributed by atoms with Crippen LogP contribution in [0.4, 0.5) is 0 Å². The summed E-state index contributed by atoms with van der Waals surface area (Å²) in [6, 6.07) is 11.3. The van der Waals surface area contributed by atoms with Crippen molar-refractivity contribution in [2.45, 2.75) is 12.8 Å². The quantitative estimate of drug-likeness (QED) is 0.769. The molecule has 1 aliphatic carbocycles. The summed E-state index contributed by atoms with van der Waals surface area (Å²) in [5.41, 5.74) is 4.77. The Morgan fingerprint density at radius 3 is 2.63 bits per heavy atom. The van der Waals surface area contributed by atoms with E-state index < -0.39 is 5.24 Å². The molecule has 0 aliphatic heterocycles. The first-order chi connectivity index (χ1) is 9.24. The Morgan fingerprint density at radius 1 is 1.11 bits per heavy atom. The summed E-state index contributed by atoms with van der Waals surface area (Å²) in [4.78, 5) is 15.7. The molecule has 0 bridgehead atoms. The fraction of sp³-hybridized carbons (Fsp3) is 0.125. The van der Waals surface area contributed by atoms with Crippen LogP contribution in [0.3, 0.4) is 0 Å². The molecule has 0 unspecified atom stereocenters. The molecule has 1 heterocycles. The van der Waals surface area contributed by atoms with Crippen molar-refractivity contribution < 1.29 is 4.79 Å². The largest absolute Gasteiger partial charge is 0.276 e. The highest BCUT2D eigenvalue weighted by molar-refractivity contribution is 6.67. The Balaban J connectivity index is 1.98. The molecule has 2 nitrogen and oxygen atoms in total. The van der Waals surface area contributed by atoms with Gasteiger partial charge in [0, 0.05) is 16.8 Å². The summed E-state index contributed by atoms with van der Waals surface area (Å²) in [5, 5.41) is -0.435. The zero-order valence-corrected chi connectivity index (χ0v) is 11.0. The van der Waals surface area contributed by atoms with Crippen LogP contribution in [0.1, 0.15) is 28.0 Å². The molecule has 0 atom stereocenters. The van der Waals surface area contributed by atoms with Gasteiger partial charge in [0.2, 0.25) is 0 Å². The molecule has 0 amide bonds. The van der Waals surface area contributed by atoms with Gasteiger partial charge in [-0.3, -0.25) is 9.78 Å². The lowest BCUT2D eigenvalue weighted by atomic mass is 10.0. The van der Waals surface area contributed by atoms with Crippen LogP contribution in [0.5, 0.6) is 0 Å². The first-order valence-corrected chi connectivity index (χ1v) is 6.58. The average molecular weight is 270 g/mol. The van der Waals surface area contributed by atoms with Crippen LogP contribution < -0.4 is 0 Å². The number of hydrogen-bond acceptors (Lipinski definition) is 2. The van der Waals surface area contributed by atoms with E-state index in [1.54, 1.807) is 12.1 Å². The number of hydrogen-bond donors (Lipinski definition) is 0. The van der Waals surface area contributed by atoms with Gasteiger partial charge in [0.05, 0.1) is 5.69 Å². The Bertz CT molecular complexity index is 659. The lowest BCUT2D eigenvalue weighted by Crippen LogP contribution is -1.99. The van der Waals surface area contributed by atoms with Crippen LogP contribution in [0.25, 0.3) is 17.3 Å². The van der Waals surface area contributed by atoms with Crippen molar-refractivity contribution in [3.8, 4) is 11.3 Å². The average Bonchev–Trinajstić information content (AvgIpc) is 2.47. The van der Waals surface area contributed by atoms with Gasteiger partial charge < -0.3 is 0 Å². The number of allylic oxidation sites excluding steroid dienone is 1. The van der Waals surface area contributed by atoms with E-state index in [1.165, 1.54) is 5.56 Å². The minimum Gasteiger partial charge on any atom is -0.276 e. The van der Waals surface area contributed by atoms with Gasteiger partial charge in [-0.2, -0.15) is 0 Å². The summed E-state index contributed by atoms with van der Waals surface area (Å²) >= 11 is 5.43. The van der Waals surface area contributed by atoms with Gasteiger partial charge in [-0.15, -0.1) is 0 Å². The zero-order chi connectivity index (χ0) is 13.2. The molecule has 3 heteroatoms. The van der Waals surface area contributed by atoms with E-state index in [9.17, 15) is 4.79 Å². The molecular weight excluding hydrogens is 258 g/mol. The van der Waals surface area contributed by atoms with Crippen molar-refractivity contribution in [2.75, 3.05) is 0 Å². The number of benzene rings is 1. The van der Waals surface area contributed by atoms with E-state index in [-0.39, 0.29) is 0 Å². The minimum atomic E-state index is -0.435. The number of carbonyl (C=O) groups excluding carboxylic acids is 1. The maximum atomic E-state index is 11.0. The summed E-state index contributed by atoms with van der Waals surface area (Å²) in [6.07, 6.45) is 6.32. The minimum absolute atomic E-state index is 0.435. The molecule has 94 valence electrons. The Hall–Kier alpha value is -1.93. The first-order valence-electron chi connectivity index (χ1n) is 6.21. The van der Waals surface area contributed by atoms with E-state index in [0.717, 1.165) is 29.8 Å². The number of fused-ring (bicyclic) bond motifs is 1. The van der Waals surface area contributed by atoms with E-state index >= 15 is 0 Å². The third kappa shape index (κ3) is 2.45. The second-order valence-electron chi connectivity index (χ2n) is 4.52. The number of aromatic nitrogens is 1. The Kier molecular flexibility index (Phi) is 3.18. The van der Waals surface area contributed by atoms with Gasteiger partial charge in [0.25, 0.3) is 5.24 Å². The summed E-state index contributed by atoms with van der Waals surface area (Å²) in [5.74, 6) is 0. The second-order valence-corrected chi connectivity index (χ2v) is 4.87. The van der Waals surface area contributed by atoms with E-state index in [1.807, 2.05) is 18.2 Å². The molecule has 19 heavy (non-hydrogen) atoms. The molecular formula is C16H12ClNO. The topological polar surface area (TPSA) is 30.0 Å². The van der Waals surface area contributed by atoms with E-state index in [0.29, 0.717) is 5.56 Å². The summed E-state index contributed by atoms with van der Waals surface area (Å²) in [6.45, 7) is 0. The Labute approximate surface area is 116 Å². The second kappa shape index (κ2) is 4.98. The van der Waals surface area contributed by atoms with Crippen molar-refractivity contribution in [2.24, 2.45) is 0 Å². The van der Waals surface area contributed by atoms with Gasteiger partial charge in [0.15, 0.2) is 0 Å². The molecule has 0 spiro atoms. The third-order valence-electron chi connectivity index (χ3n) is 3.26. The number of nitrogens with zero attached hydrogens (tertiary/aromatic N) is 1. The lowest BCUT2D eigenvalue weighted by molar-refractivity contribution is 0.108. The fourth-order valence-electron chi connectivity index (χ4n) is 2.23. The first kappa shape index (κ1) is 12.1. The van der Waals surface area contributed by atoms with Crippen LogP contribution in [0.15, 0.2) is 42.5 Å². The highest BCUT2D eigenvalue weighted by atomic mass is 35.5. The van der Waals surface area contributed by atoms with Crippen LogP contribution in [0, 0.1) is 0 Å². The molecule has 2 aromatic rings. The van der Waals surface area contributed by atoms with Gasteiger partial charge in [-0.25, -0.2) is 0 Å². The molecule has 1 aromatic heterocycles. The van der Waals surface area contributed by atoms with Crippen LogP contribution in [0.2, 0.25) is 0 Å². The predicted molar refractivity (Wildman–Crippen MR) is 77.2 cm³/mol.